The SMILES string of the molecule is CCCNC(C)c1cc(F)c(C)cc1OC(C)COCC. The average Bonchev–Trinajstić information content (AvgIpc) is 2.46. The molecular formula is C17H28FNO2. The monoisotopic (exact) mass is 297 g/mol. The second kappa shape index (κ2) is 9.00. The highest BCUT2D eigenvalue weighted by Crippen LogP contribution is 2.29. The van der Waals surface area contributed by atoms with Crippen molar-refractivity contribution in [2.75, 3.05) is 19.8 Å². The van der Waals surface area contributed by atoms with Gasteiger partial charge in [-0.25, -0.2) is 4.39 Å². The van der Waals surface area contributed by atoms with Gasteiger partial charge in [-0.2, -0.15) is 0 Å². The van der Waals surface area contributed by atoms with Crippen molar-refractivity contribution in [1.82, 2.24) is 5.32 Å². The first kappa shape index (κ1) is 17.9. The van der Waals surface area contributed by atoms with Crippen LogP contribution in [0.15, 0.2) is 12.1 Å². The molecule has 0 aliphatic heterocycles. The molecule has 0 saturated heterocycles. The third-order valence-corrected chi connectivity index (χ3v) is 3.34. The van der Waals surface area contributed by atoms with Crippen molar-refractivity contribution in [2.24, 2.45) is 0 Å². The maximum atomic E-state index is 13.9. The maximum absolute atomic E-state index is 13.9. The van der Waals surface area contributed by atoms with Crippen molar-refractivity contribution < 1.29 is 13.9 Å². The summed E-state index contributed by atoms with van der Waals surface area (Å²) in [7, 11) is 0. The fourth-order valence-electron chi connectivity index (χ4n) is 2.12. The van der Waals surface area contributed by atoms with E-state index < -0.39 is 0 Å². The van der Waals surface area contributed by atoms with Gasteiger partial charge in [0.05, 0.1) is 6.61 Å². The first-order valence-corrected chi connectivity index (χ1v) is 7.77. The van der Waals surface area contributed by atoms with Crippen LogP contribution in [0.3, 0.4) is 0 Å². The smallest absolute Gasteiger partial charge is 0.126 e. The lowest BCUT2D eigenvalue weighted by Gasteiger charge is -2.22. The summed E-state index contributed by atoms with van der Waals surface area (Å²) in [5.74, 6) is 0.539. The molecule has 2 unspecified atom stereocenters. The normalized spacial score (nSPS) is 14.0. The molecule has 1 rings (SSSR count). The second-order valence-electron chi connectivity index (χ2n) is 5.40. The summed E-state index contributed by atoms with van der Waals surface area (Å²) in [6.07, 6.45) is 0.974. The first-order chi connectivity index (χ1) is 9.99. The summed E-state index contributed by atoms with van der Waals surface area (Å²) >= 11 is 0. The van der Waals surface area contributed by atoms with E-state index in [-0.39, 0.29) is 18.0 Å². The lowest BCUT2D eigenvalue weighted by molar-refractivity contribution is 0.0649. The number of hydrogen-bond donors (Lipinski definition) is 1. The van der Waals surface area contributed by atoms with E-state index in [1.807, 2.05) is 20.8 Å². The van der Waals surface area contributed by atoms with E-state index in [0.717, 1.165) is 24.3 Å². The minimum absolute atomic E-state index is 0.0503. The van der Waals surface area contributed by atoms with Crippen molar-refractivity contribution in [3.8, 4) is 5.75 Å². The number of benzene rings is 1. The minimum atomic E-state index is -0.194. The quantitative estimate of drug-likeness (QED) is 0.747. The summed E-state index contributed by atoms with van der Waals surface area (Å²) < 4.78 is 25.2. The van der Waals surface area contributed by atoms with Crippen molar-refractivity contribution >= 4 is 0 Å². The van der Waals surface area contributed by atoms with Crippen LogP contribution in [0, 0.1) is 12.7 Å². The molecule has 4 heteroatoms. The van der Waals surface area contributed by atoms with E-state index in [1.54, 1.807) is 19.1 Å². The Balaban J connectivity index is 2.91. The van der Waals surface area contributed by atoms with Crippen LogP contribution < -0.4 is 10.1 Å². The van der Waals surface area contributed by atoms with Gasteiger partial charge in [0, 0.05) is 18.2 Å². The molecular weight excluding hydrogens is 269 g/mol. The van der Waals surface area contributed by atoms with Crippen LogP contribution in [0.4, 0.5) is 4.39 Å². The lowest BCUT2D eigenvalue weighted by atomic mass is 10.0. The highest BCUT2D eigenvalue weighted by Gasteiger charge is 2.16. The Hall–Kier alpha value is -1.13. The molecule has 0 spiro atoms. The van der Waals surface area contributed by atoms with E-state index >= 15 is 0 Å². The zero-order chi connectivity index (χ0) is 15.8. The predicted octanol–water partition coefficient (Wildman–Crippen LogP) is 4.00. The second-order valence-corrected chi connectivity index (χ2v) is 5.40. The average molecular weight is 297 g/mol. The molecule has 0 heterocycles. The lowest BCUT2D eigenvalue weighted by Crippen LogP contribution is -2.23. The van der Waals surface area contributed by atoms with Crippen LogP contribution >= 0.6 is 0 Å². The molecule has 120 valence electrons. The topological polar surface area (TPSA) is 30.5 Å². The Labute approximate surface area is 127 Å². The van der Waals surface area contributed by atoms with Crippen molar-refractivity contribution in [1.29, 1.82) is 0 Å². The van der Waals surface area contributed by atoms with Gasteiger partial charge in [-0.3, -0.25) is 0 Å². The van der Waals surface area contributed by atoms with Crippen LogP contribution in [0.2, 0.25) is 0 Å². The number of ether oxygens (including phenoxy) is 2. The number of halogens is 1. The molecule has 1 aromatic rings. The Morgan fingerprint density at radius 3 is 2.57 bits per heavy atom. The summed E-state index contributed by atoms with van der Waals surface area (Å²) in [6.45, 7) is 11.9. The number of rotatable bonds is 9. The molecule has 2 atom stereocenters. The molecule has 0 bridgehead atoms. The molecule has 0 aromatic heterocycles. The molecule has 0 fully saturated rings. The number of nitrogens with one attached hydrogen (secondary N) is 1. The molecule has 0 aliphatic carbocycles. The van der Waals surface area contributed by atoms with Gasteiger partial charge in [-0.1, -0.05) is 6.92 Å². The van der Waals surface area contributed by atoms with Gasteiger partial charge < -0.3 is 14.8 Å². The predicted molar refractivity (Wildman–Crippen MR) is 84.4 cm³/mol. The molecule has 3 nitrogen and oxygen atoms in total. The van der Waals surface area contributed by atoms with Gasteiger partial charge in [0.15, 0.2) is 0 Å². The van der Waals surface area contributed by atoms with Gasteiger partial charge in [0.1, 0.15) is 17.7 Å². The molecule has 0 radical (unpaired) electrons. The van der Waals surface area contributed by atoms with E-state index in [4.69, 9.17) is 9.47 Å². The fraction of sp³-hybridized carbons (Fsp3) is 0.647. The van der Waals surface area contributed by atoms with Gasteiger partial charge >= 0.3 is 0 Å². The fourth-order valence-corrected chi connectivity index (χ4v) is 2.12. The largest absolute Gasteiger partial charge is 0.488 e. The van der Waals surface area contributed by atoms with E-state index in [0.29, 0.717) is 18.8 Å². The summed E-state index contributed by atoms with van der Waals surface area (Å²) in [5.41, 5.74) is 1.45. The Morgan fingerprint density at radius 1 is 1.24 bits per heavy atom. The van der Waals surface area contributed by atoms with Gasteiger partial charge in [0.2, 0.25) is 0 Å². The van der Waals surface area contributed by atoms with Crippen LogP contribution in [0.5, 0.6) is 5.75 Å². The summed E-state index contributed by atoms with van der Waals surface area (Å²) in [4.78, 5) is 0. The number of aryl methyl sites for hydroxylation is 1. The minimum Gasteiger partial charge on any atom is -0.488 e. The molecule has 1 N–H and O–H groups in total. The highest BCUT2D eigenvalue weighted by molar-refractivity contribution is 5.40. The molecule has 1 aromatic carbocycles. The van der Waals surface area contributed by atoms with Crippen LogP contribution in [0.25, 0.3) is 0 Å². The third-order valence-electron chi connectivity index (χ3n) is 3.34. The third kappa shape index (κ3) is 5.64. The highest BCUT2D eigenvalue weighted by atomic mass is 19.1. The molecule has 0 saturated carbocycles. The van der Waals surface area contributed by atoms with E-state index in [2.05, 4.69) is 12.2 Å². The standard InChI is InChI=1S/C17H28FNO2/c1-6-8-19-14(5)15-10-16(18)12(3)9-17(15)21-13(4)11-20-7-2/h9-10,13-14,19H,6-8,11H2,1-5H3. The van der Waals surface area contributed by atoms with Crippen LogP contribution in [0.1, 0.15) is 51.3 Å². The van der Waals surface area contributed by atoms with Gasteiger partial charge in [-0.15, -0.1) is 0 Å². The maximum Gasteiger partial charge on any atom is 0.126 e. The molecule has 0 aliphatic rings. The zero-order valence-electron chi connectivity index (χ0n) is 13.8. The summed E-state index contributed by atoms with van der Waals surface area (Å²) in [6, 6.07) is 3.40. The van der Waals surface area contributed by atoms with Crippen LogP contribution in [-0.4, -0.2) is 25.9 Å². The Kier molecular flexibility index (Phi) is 7.68. The van der Waals surface area contributed by atoms with Crippen molar-refractivity contribution in [2.45, 2.75) is 53.2 Å². The Morgan fingerprint density at radius 2 is 1.95 bits per heavy atom. The van der Waals surface area contributed by atoms with Gasteiger partial charge in [0.25, 0.3) is 0 Å². The van der Waals surface area contributed by atoms with Crippen molar-refractivity contribution in [3.05, 3.63) is 29.1 Å². The number of hydrogen-bond acceptors (Lipinski definition) is 3. The van der Waals surface area contributed by atoms with Crippen LogP contribution in [-0.2, 0) is 4.74 Å². The van der Waals surface area contributed by atoms with E-state index in [1.165, 1.54) is 0 Å². The first-order valence-electron chi connectivity index (χ1n) is 7.77. The van der Waals surface area contributed by atoms with Gasteiger partial charge in [-0.05, 0) is 58.4 Å². The summed E-state index contributed by atoms with van der Waals surface area (Å²) in [5, 5.41) is 3.37. The Bertz CT molecular complexity index is 437. The van der Waals surface area contributed by atoms with E-state index in [9.17, 15) is 4.39 Å². The molecule has 0 amide bonds. The zero-order valence-corrected chi connectivity index (χ0v) is 13.8. The molecule has 21 heavy (non-hydrogen) atoms. The van der Waals surface area contributed by atoms with Crippen molar-refractivity contribution in [3.63, 3.8) is 0 Å².